The Balaban J connectivity index is 1.62. The van der Waals surface area contributed by atoms with E-state index in [0.717, 1.165) is 24.1 Å². The van der Waals surface area contributed by atoms with Gasteiger partial charge in [0.2, 0.25) is 5.91 Å². The van der Waals surface area contributed by atoms with Crippen LogP contribution in [-0.2, 0) is 11.2 Å². The first-order valence-corrected chi connectivity index (χ1v) is 11.1. The Hall–Kier alpha value is -2.71. The molecule has 0 aliphatic heterocycles. The van der Waals surface area contributed by atoms with Gasteiger partial charge in [-0.1, -0.05) is 24.3 Å². The lowest BCUT2D eigenvalue weighted by atomic mass is 10.1. The molecule has 0 aliphatic carbocycles. The van der Waals surface area contributed by atoms with E-state index >= 15 is 0 Å². The van der Waals surface area contributed by atoms with Crippen molar-refractivity contribution in [1.82, 2.24) is 10.3 Å². The summed E-state index contributed by atoms with van der Waals surface area (Å²) in [5.74, 6) is 0.354. The van der Waals surface area contributed by atoms with Crippen LogP contribution in [0.1, 0.15) is 29.3 Å². The number of rotatable bonds is 8. The van der Waals surface area contributed by atoms with Crippen molar-refractivity contribution in [3.63, 3.8) is 0 Å². The largest absolute Gasteiger partial charge is 0.497 e. The molecule has 156 valence electrons. The molecule has 0 atom stereocenters. The van der Waals surface area contributed by atoms with Crippen molar-refractivity contribution < 1.29 is 14.3 Å². The van der Waals surface area contributed by atoms with Gasteiger partial charge in [0.05, 0.1) is 18.4 Å². The molecular weight excluding hydrogens is 466 g/mol. The van der Waals surface area contributed by atoms with Gasteiger partial charge < -0.3 is 10.1 Å². The molecule has 2 aromatic carbocycles. The molecule has 2 amide bonds. The van der Waals surface area contributed by atoms with E-state index in [1.165, 1.54) is 23.8 Å². The molecule has 0 spiro atoms. The molecular formula is C22H22BrN3O3S. The molecule has 0 fully saturated rings. The van der Waals surface area contributed by atoms with Crippen molar-refractivity contribution in [3.8, 4) is 17.0 Å². The number of methoxy groups -OCH3 is 1. The number of aryl methyl sites for hydroxylation is 1. The summed E-state index contributed by atoms with van der Waals surface area (Å²) in [6.07, 6.45) is 1.79. The molecule has 0 bridgehead atoms. The topological polar surface area (TPSA) is 80.3 Å². The molecule has 0 radical (unpaired) electrons. The van der Waals surface area contributed by atoms with Crippen LogP contribution in [0.4, 0.5) is 5.13 Å². The maximum atomic E-state index is 12.6. The number of aromatic nitrogens is 1. The number of carbonyl (C=O) groups excluding carboxylic acids is 2. The van der Waals surface area contributed by atoms with Crippen LogP contribution >= 0.6 is 27.3 Å². The van der Waals surface area contributed by atoms with Gasteiger partial charge in [0.15, 0.2) is 5.13 Å². The van der Waals surface area contributed by atoms with Gasteiger partial charge in [0.1, 0.15) is 5.75 Å². The van der Waals surface area contributed by atoms with E-state index in [-0.39, 0.29) is 11.8 Å². The highest BCUT2D eigenvalue weighted by Crippen LogP contribution is 2.27. The zero-order valence-corrected chi connectivity index (χ0v) is 19.1. The van der Waals surface area contributed by atoms with Crippen LogP contribution in [0.15, 0.2) is 52.3 Å². The zero-order chi connectivity index (χ0) is 21.5. The van der Waals surface area contributed by atoms with E-state index < -0.39 is 0 Å². The summed E-state index contributed by atoms with van der Waals surface area (Å²) in [4.78, 5) is 28.0. The highest BCUT2D eigenvalue weighted by atomic mass is 79.9. The third kappa shape index (κ3) is 5.90. The fourth-order valence-corrected chi connectivity index (χ4v) is 3.97. The van der Waals surface area contributed by atoms with Gasteiger partial charge in [-0.3, -0.25) is 14.9 Å². The molecule has 0 saturated carbocycles. The highest BCUT2D eigenvalue weighted by molar-refractivity contribution is 9.10. The van der Waals surface area contributed by atoms with Crippen LogP contribution < -0.4 is 15.4 Å². The van der Waals surface area contributed by atoms with E-state index in [2.05, 4.69) is 43.7 Å². The Morgan fingerprint density at radius 1 is 1.17 bits per heavy atom. The van der Waals surface area contributed by atoms with E-state index in [4.69, 9.17) is 4.74 Å². The van der Waals surface area contributed by atoms with E-state index in [9.17, 15) is 9.59 Å². The van der Waals surface area contributed by atoms with Crippen LogP contribution in [0, 0.1) is 0 Å². The second-order valence-corrected chi connectivity index (χ2v) is 8.33. The number of amides is 2. The minimum absolute atomic E-state index is 0.00413. The third-order valence-electron chi connectivity index (χ3n) is 4.41. The number of ether oxygens (including phenoxy) is 1. The number of nitrogens with one attached hydrogen (secondary N) is 2. The van der Waals surface area contributed by atoms with Crippen molar-refractivity contribution in [2.75, 3.05) is 19.0 Å². The van der Waals surface area contributed by atoms with Crippen LogP contribution in [-0.4, -0.2) is 30.5 Å². The second-order valence-electron chi connectivity index (χ2n) is 6.62. The zero-order valence-electron chi connectivity index (χ0n) is 16.7. The molecule has 3 aromatic rings. The lowest BCUT2D eigenvalue weighted by molar-refractivity contribution is -0.118. The number of carbonyl (C=O) groups is 2. The summed E-state index contributed by atoms with van der Waals surface area (Å²) in [6, 6.07) is 13.4. The molecule has 6 nitrogen and oxygen atoms in total. The highest BCUT2D eigenvalue weighted by Gasteiger charge is 2.14. The number of hydrogen-bond acceptors (Lipinski definition) is 5. The lowest BCUT2D eigenvalue weighted by Crippen LogP contribution is -2.21. The van der Waals surface area contributed by atoms with Crippen molar-refractivity contribution in [2.45, 2.75) is 19.8 Å². The second kappa shape index (κ2) is 10.4. The van der Waals surface area contributed by atoms with Crippen LogP contribution in [0.25, 0.3) is 11.3 Å². The first-order chi connectivity index (χ1) is 14.5. The van der Waals surface area contributed by atoms with Crippen LogP contribution in [0.5, 0.6) is 5.75 Å². The van der Waals surface area contributed by atoms with Gasteiger partial charge in [-0.2, -0.15) is 0 Å². The Morgan fingerprint density at radius 3 is 2.63 bits per heavy atom. The van der Waals surface area contributed by atoms with E-state index in [0.29, 0.717) is 27.5 Å². The fourth-order valence-electron chi connectivity index (χ4n) is 2.83. The van der Waals surface area contributed by atoms with Crippen LogP contribution in [0.3, 0.4) is 0 Å². The first-order valence-electron chi connectivity index (χ1n) is 9.40. The molecule has 0 aliphatic rings. The van der Waals surface area contributed by atoms with Gasteiger partial charge in [0, 0.05) is 28.9 Å². The predicted octanol–water partition coefficient (Wildman–Crippen LogP) is 4.90. The van der Waals surface area contributed by atoms with Gasteiger partial charge in [-0.05, 0) is 52.5 Å². The fraction of sp³-hybridized carbons (Fsp3) is 0.227. The molecule has 1 heterocycles. The van der Waals surface area contributed by atoms with Gasteiger partial charge in [0.25, 0.3) is 5.91 Å². The van der Waals surface area contributed by atoms with Gasteiger partial charge in [-0.25, -0.2) is 4.98 Å². The molecule has 3 rings (SSSR count). The van der Waals surface area contributed by atoms with Crippen molar-refractivity contribution in [1.29, 1.82) is 0 Å². The molecule has 0 unspecified atom stereocenters. The van der Waals surface area contributed by atoms with Crippen molar-refractivity contribution in [3.05, 3.63) is 63.4 Å². The number of halogens is 1. The first kappa shape index (κ1) is 22.0. The number of nitrogens with zero attached hydrogens (tertiary/aromatic N) is 1. The summed E-state index contributed by atoms with van der Waals surface area (Å²) >= 11 is 4.77. The smallest absolute Gasteiger partial charge is 0.258 e. The number of hydrogen-bond donors (Lipinski definition) is 2. The molecule has 8 heteroatoms. The summed E-state index contributed by atoms with van der Waals surface area (Å²) in [6.45, 7) is 2.20. The maximum Gasteiger partial charge on any atom is 0.258 e. The lowest BCUT2D eigenvalue weighted by Gasteiger charge is -2.07. The molecule has 1 aromatic heterocycles. The molecule has 2 N–H and O–H groups in total. The maximum absolute atomic E-state index is 12.6. The number of benzene rings is 2. The van der Waals surface area contributed by atoms with E-state index in [1.54, 1.807) is 25.3 Å². The Morgan fingerprint density at radius 2 is 1.93 bits per heavy atom. The quantitative estimate of drug-likeness (QED) is 0.442. The average Bonchev–Trinajstić information content (AvgIpc) is 3.20. The Bertz CT molecular complexity index is 1030. The van der Waals surface area contributed by atoms with Crippen molar-refractivity contribution in [2.24, 2.45) is 0 Å². The summed E-state index contributed by atoms with van der Waals surface area (Å²) in [7, 11) is 1.56. The minimum Gasteiger partial charge on any atom is -0.497 e. The summed E-state index contributed by atoms with van der Waals surface area (Å²) in [5.41, 5.74) is 3.48. The predicted molar refractivity (Wildman–Crippen MR) is 123 cm³/mol. The number of anilines is 1. The Labute approximate surface area is 187 Å². The molecule has 0 saturated heterocycles. The summed E-state index contributed by atoms with van der Waals surface area (Å²) < 4.78 is 5.88. The van der Waals surface area contributed by atoms with Crippen molar-refractivity contribution >= 4 is 44.2 Å². The number of thiazole rings is 1. The molecule has 30 heavy (non-hydrogen) atoms. The summed E-state index contributed by atoms with van der Waals surface area (Å²) in [5, 5.41) is 8.09. The minimum atomic E-state index is -0.254. The normalized spacial score (nSPS) is 10.5. The van der Waals surface area contributed by atoms with Gasteiger partial charge in [-0.15, -0.1) is 11.3 Å². The van der Waals surface area contributed by atoms with E-state index in [1.807, 2.05) is 17.5 Å². The Kier molecular flexibility index (Phi) is 7.59. The average molecular weight is 488 g/mol. The van der Waals surface area contributed by atoms with Crippen LogP contribution in [0.2, 0.25) is 0 Å². The standard InChI is InChI=1S/C22H22BrN3O3S/c1-14(27)24-11-3-4-15-5-7-16(8-6-15)20-13-30-22(25-20)26-21(28)18-12-17(29-2)9-10-19(18)23/h5-10,12-13H,3-4,11H2,1-2H3,(H,24,27)(H,25,26,28). The monoisotopic (exact) mass is 487 g/mol. The SMILES string of the molecule is COc1ccc(Br)c(C(=O)Nc2nc(-c3ccc(CCCNC(C)=O)cc3)cs2)c1. The third-order valence-corrected chi connectivity index (χ3v) is 5.86. The van der Waals surface area contributed by atoms with Gasteiger partial charge >= 0.3 is 0 Å².